The van der Waals surface area contributed by atoms with E-state index in [2.05, 4.69) is 10.6 Å². The first-order valence-electron chi connectivity index (χ1n) is 6.04. The molecule has 0 saturated carbocycles. The lowest BCUT2D eigenvalue weighted by Gasteiger charge is -2.12. The van der Waals surface area contributed by atoms with E-state index >= 15 is 0 Å². The molecule has 106 valence electrons. The SMILES string of the molecule is COc1ccc(CCNC(=O)N[C@@H](C)CO)c(Cl)c1. The first kappa shape index (κ1) is 15.6. The van der Waals surface area contributed by atoms with Gasteiger partial charge in [-0.05, 0) is 31.0 Å². The number of halogens is 1. The molecule has 1 atom stereocenters. The summed E-state index contributed by atoms with van der Waals surface area (Å²) < 4.78 is 5.06. The van der Waals surface area contributed by atoms with E-state index in [9.17, 15) is 4.79 Å². The third-order valence-corrected chi connectivity index (χ3v) is 2.94. The van der Waals surface area contributed by atoms with Crippen molar-refractivity contribution < 1.29 is 14.6 Å². The van der Waals surface area contributed by atoms with Crippen LogP contribution in [0.25, 0.3) is 0 Å². The molecule has 1 aromatic rings. The van der Waals surface area contributed by atoms with Gasteiger partial charge >= 0.3 is 6.03 Å². The summed E-state index contributed by atoms with van der Waals surface area (Å²) in [4.78, 5) is 11.4. The summed E-state index contributed by atoms with van der Waals surface area (Å²) in [7, 11) is 1.58. The second kappa shape index (κ2) is 7.86. The van der Waals surface area contributed by atoms with Crippen LogP contribution in [-0.2, 0) is 6.42 Å². The maximum absolute atomic E-state index is 11.4. The molecule has 0 radical (unpaired) electrons. The Balaban J connectivity index is 2.39. The van der Waals surface area contributed by atoms with E-state index in [0.29, 0.717) is 23.7 Å². The summed E-state index contributed by atoms with van der Waals surface area (Å²) in [6.07, 6.45) is 0.629. The number of ether oxygens (including phenoxy) is 1. The molecule has 0 heterocycles. The topological polar surface area (TPSA) is 70.6 Å². The Morgan fingerprint density at radius 2 is 2.26 bits per heavy atom. The van der Waals surface area contributed by atoms with Crippen LogP contribution in [0.3, 0.4) is 0 Å². The van der Waals surface area contributed by atoms with Gasteiger partial charge in [0.15, 0.2) is 0 Å². The average molecular weight is 287 g/mol. The second-order valence-corrected chi connectivity index (χ2v) is 4.60. The number of aliphatic hydroxyl groups is 1. The molecule has 0 aliphatic heterocycles. The van der Waals surface area contributed by atoms with E-state index < -0.39 is 0 Å². The van der Waals surface area contributed by atoms with Crippen molar-refractivity contribution in [2.24, 2.45) is 0 Å². The molecule has 0 aliphatic rings. The lowest BCUT2D eigenvalue weighted by Crippen LogP contribution is -2.42. The molecular weight excluding hydrogens is 268 g/mol. The van der Waals surface area contributed by atoms with Crippen LogP contribution in [0.15, 0.2) is 18.2 Å². The number of methoxy groups -OCH3 is 1. The van der Waals surface area contributed by atoms with E-state index in [4.69, 9.17) is 21.4 Å². The molecule has 0 unspecified atom stereocenters. The largest absolute Gasteiger partial charge is 0.497 e. The molecule has 5 nitrogen and oxygen atoms in total. The van der Waals surface area contributed by atoms with Crippen LogP contribution < -0.4 is 15.4 Å². The van der Waals surface area contributed by atoms with Crippen LogP contribution in [-0.4, -0.2) is 37.4 Å². The molecule has 0 fully saturated rings. The molecule has 3 N–H and O–H groups in total. The number of aliphatic hydroxyl groups excluding tert-OH is 1. The Hall–Kier alpha value is -1.46. The molecule has 0 saturated heterocycles. The van der Waals surface area contributed by atoms with Crippen molar-refractivity contribution in [3.05, 3.63) is 28.8 Å². The molecule has 6 heteroatoms. The molecule has 2 amide bonds. The van der Waals surface area contributed by atoms with Gasteiger partial charge in [-0.25, -0.2) is 4.79 Å². The fraction of sp³-hybridized carbons (Fsp3) is 0.462. The van der Waals surface area contributed by atoms with Gasteiger partial charge in [-0.2, -0.15) is 0 Å². The number of nitrogens with one attached hydrogen (secondary N) is 2. The highest BCUT2D eigenvalue weighted by molar-refractivity contribution is 6.31. The predicted octanol–water partition coefficient (Wildman–Crippen LogP) is 1.57. The van der Waals surface area contributed by atoms with Crippen molar-refractivity contribution in [2.75, 3.05) is 20.3 Å². The standard InChI is InChI=1S/C13H19ClN2O3/c1-9(8-17)16-13(18)15-6-5-10-3-4-11(19-2)7-12(10)14/h3-4,7,9,17H,5-6,8H2,1-2H3,(H2,15,16,18)/t9-/m0/s1. The number of rotatable bonds is 6. The number of urea groups is 1. The van der Waals surface area contributed by atoms with Crippen LogP contribution in [0.5, 0.6) is 5.75 Å². The van der Waals surface area contributed by atoms with Crippen molar-refractivity contribution in [2.45, 2.75) is 19.4 Å². The van der Waals surface area contributed by atoms with Gasteiger partial charge in [-0.3, -0.25) is 0 Å². The Morgan fingerprint density at radius 3 is 2.84 bits per heavy atom. The van der Waals surface area contributed by atoms with Crippen molar-refractivity contribution in [1.29, 1.82) is 0 Å². The summed E-state index contributed by atoms with van der Waals surface area (Å²) >= 11 is 6.09. The molecular formula is C13H19ClN2O3. The zero-order chi connectivity index (χ0) is 14.3. The highest BCUT2D eigenvalue weighted by Gasteiger charge is 2.06. The first-order chi connectivity index (χ1) is 9.06. The van der Waals surface area contributed by atoms with Crippen LogP contribution in [0.2, 0.25) is 5.02 Å². The van der Waals surface area contributed by atoms with Crippen LogP contribution >= 0.6 is 11.6 Å². The maximum Gasteiger partial charge on any atom is 0.315 e. The second-order valence-electron chi connectivity index (χ2n) is 4.19. The van der Waals surface area contributed by atoms with Crippen molar-refractivity contribution in [1.82, 2.24) is 10.6 Å². The number of hydrogen-bond acceptors (Lipinski definition) is 3. The lowest BCUT2D eigenvalue weighted by atomic mass is 10.1. The fourth-order valence-electron chi connectivity index (χ4n) is 1.49. The molecule has 1 aromatic carbocycles. The van der Waals surface area contributed by atoms with E-state index in [-0.39, 0.29) is 18.7 Å². The van der Waals surface area contributed by atoms with E-state index in [1.807, 2.05) is 12.1 Å². The smallest absolute Gasteiger partial charge is 0.315 e. The van der Waals surface area contributed by atoms with Crippen LogP contribution in [0.4, 0.5) is 4.79 Å². The Labute approximate surface area is 117 Å². The van der Waals surface area contributed by atoms with Gasteiger partial charge in [-0.1, -0.05) is 17.7 Å². The number of carbonyl (C=O) groups excluding carboxylic acids is 1. The molecule has 19 heavy (non-hydrogen) atoms. The maximum atomic E-state index is 11.4. The number of carbonyl (C=O) groups is 1. The molecule has 0 aromatic heterocycles. The Morgan fingerprint density at radius 1 is 1.53 bits per heavy atom. The van der Waals surface area contributed by atoms with Gasteiger partial charge < -0.3 is 20.5 Å². The average Bonchev–Trinajstić information content (AvgIpc) is 2.40. The third kappa shape index (κ3) is 5.36. The van der Waals surface area contributed by atoms with Gasteiger partial charge in [0.05, 0.1) is 19.8 Å². The van der Waals surface area contributed by atoms with Crippen molar-refractivity contribution >= 4 is 17.6 Å². The van der Waals surface area contributed by atoms with Gasteiger partial charge in [0.25, 0.3) is 0 Å². The summed E-state index contributed by atoms with van der Waals surface area (Å²) in [6.45, 7) is 2.10. The normalized spacial score (nSPS) is 11.8. The minimum Gasteiger partial charge on any atom is -0.497 e. The number of benzene rings is 1. The van der Waals surface area contributed by atoms with Crippen molar-refractivity contribution in [3.8, 4) is 5.75 Å². The van der Waals surface area contributed by atoms with Crippen LogP contribution in [0.1, 0.15) is 12.5 Å². The summed E-state index contributed by atoms with van der Waals surface area (Å²) in [5.74, 6) is 0.705. The third-order valence-electron chi connectivity index (χ3n) is 2.59. The molecule has 1 rings (SSSR count). The minimum absolute atomic E-state index is 0.0856. The summed E-state index contributed by atoms with van der Waals surface area (Å²) in [5, 5.41) is 14.7. The molecule has 0 aliphatic carbocycles. The van der Waals surface area contributed by atoms with Gasteiger partial charge in [0.2, 0.25) is 0 Å². The Bertz CT molecular complexity index is 426. The first-order valence-corrected chi connectivity index (χ1v) is 6.42. The van der Waals surface area contributed by atoms with E-state index in [0.717, 1.165) is 5.56 Å². The van der Waals surface area contributed by atoms with E-state index in [1.165, 1.54) is 0 Å². The Kier molecular flexibility index (Phi) is 6.45. The molecule has 0 spiro atoms. The van der Waals surface area contributed by atoms with E-state index in [1.54, 1.807) is 20.1 Å². The highest BCUT2D eigenvalue weighted by atomic mass is 35.5. The van der Waals surface area contributed by atoms with Gasteiger partial charge in [0.1, 0.15) is 5.75 Å². The quantitative estimate of drug-likeness (QED) is 0.743. The highest BCUT2D eigenvalue weighted by Crippen LogP contribution is 2.22. The number of amides is 2. The lowest BCUT2D eigenvalue weighted by molar-refractivity contribution is 0.220. The monoisotopic (exact) mass is 286 g/mol. The summed E-state index contributed by atoms with van der Waals surface area (Å²) in [6, 6.07) is 4.88. The predicted molar refractivity (Wildman–Crippen MR) is 74.8 cm³/mol. The zero-order valence-electron chi connectivity index (χ0n) is 11.1. The fourth-order valence-corrected chi connectivity index (χ4v) is 1.75. The summed E-state index contributed by atoms with van der Waals surface area (Å²) in [5.41, 5.74) is 0.943. The number of hydrogen-bond donors (Lipinski definition) is 3. The minimum atomic E-state index is -0.300. The zero-order valence-corrected chi connectivity index (χ0v) is 11.8. The van der Waals surface area contributed by atoms with Crippen LogP contribution in [0, 0.1) is 0 Å². The van der Waals surface area contributed by atoms with Crippen molar-refractivity contribution in [3.63, 3.8) is 0 Å². The van der Waals surface area contributed by atoms with Gasteiger partial charge in [-0.15, -0.1) is 0 Å². The molecule has 0 bridgehead atoms. The van der Waals surface area contributed by atoms with Gasteiger partial charge in [0, 0.05) is 11.6 Å².